The Balaban J connectivity index is 3.15. The highest BCUT2D eigenvalue weighted by molar-refractivity contribution is 6.21. The van der Waals surface area contributed by atoms with Gasteiger partial charge in [-0.3, -0.25) is 0 Å². The van der Waals surface area contributed by atoms with Gasteiger partial charge in [0.25, 0.3) is 5.67 Å². The third kappa shape index (κ3) is 3.91. The molecule has 14 heteroatoms. The summed E-state index contributed by atoms with van der Waals surface area (Å²) in [7, 11) is 0. The molecule has 0 bridgehead atoms. The Morgan fingerprint density at radius 3 is 1.64 bits per heavy atom. The molecule has 0 radical (unpaired) electrons. The lowest BCUT2D eigenvalue weighted by Crippen LogP contribution is -2.70. The minimum atomic E-state index is -6.40. The fraction of sp³-hybridized carbons (Fsp3) is 1.00. The fourth-order valence-electron chi connectivity index (χ4n) is 2.25. The zero-order valence-electron chi connectivity index (χ0n) is 11.7. The second-order valence-corrected chi connectivity index (χ2v) is 5.99. The van der Waals surface area contributed by atoms with Gasteiger partial charge < -0.3 is 4.74 Å². The van der Waals surface area contributed by atoms with Gasteiger partial charge >= 0.3 is 24.7 Å². The van der Waals surface area contributed by atoms with Gasteiger partial charge in [0.1, 0.15) is 6.61 Å². The van der Waals surface area contributed by atoms with E-state index in [-0.39, 0.29) is 0 Å². The minimum Gasteiger partial charge on any atom is -0.370 e. The van der Waals surface area contributed by atoms with Gasteiger partial charge in [-0.25, -0.2) is 17.6 Å². The second kappa shape index (κ2) is 6.54. The van der Waals surface area contributed by atoms with Crippen LogP contribution >= 0.6 is 11.6 Å². The molecule has 0 unspecified atom stereocenters. The normalized spacial score (nSPS) is 35.3. The summed E-state index contributed by atoms with van der Waals surface area (Å²) >= 11 is 5.23. The van der Waals surface area contributed by atoms with Gasteiger partial charge in [0.05, 0.1) is 11.5 Å². The third-order valence-electron chi connectivity index (χ3n) is 3.70. The van der Waals surface area contributed by atoms with Gasteiger partial charge in [-0.15, -0.1) is 11.6 Å². The van der Waals surface area contributed by atoms with Crippen molar-refractivity contribution < 1.29 is 57.4 Å². The molecular formula is C11H9ClF12O. The maximum atomic E-state index is 14.1. The lowest BCUT2D eigenvalue weighted by Gasteiger charge is -2.48. The summed E-state index contributed by atoms with van der Waals surface area (Å²) in [5.41, 5.74) is -11.0. The van der Waals surface area contributed by atoms with Crippen molar-refractivity contribution in [3.05, 3.63) is 0 Å². The van der Waals surface area contributed by atoms with E-state index >= 15 is 0 Å². The van der Waals surface area contributed by atoms with Crippen molar-refractivity contribution in [2.45, 2.75) is 60.4 Å². The molecule has 1 saturated carbocycles. The summed E-state index contributed by atoms with van der Waals surface area (Å²) in [6, 6.07) is 0. The first-order valence-corrected chi connectivity index (χ1v) is 6.75. The van der Waals surface area contributed by atoms with Crippen LogP contribution in [0.1, 0.15) is 12.8 Å². The minimum absolute atomic E-state index is 2.24. The quantitative estimate of drug-likeness (QED) is 0.448. The largest absolute Gasteiger partial charge is 0.426 e. The number of halogens is 13. The van der Waals surface area contributed by atoms with Crippen LogP contribution in [0, 0.1) is 0 Å². The summed E-state index contributed by atoms with van der Waals surface area (Å²) in [6.07, 6.45) is -24.3. The van der Waals surface area contributed by atoms with Gasteiger partial charge in [-0.1, -0.05) is 0 Å². The molecule has 0 N–H and O–H groups in total. The molecule has 0 spiro atoms. The summed E-state index contributed by atoms with van der Waals surface area (Å²) in [4.78, 5) is 0. The van der Waals surface area contributed by atoms with Crippen molar-refractivity contribution in [2.24, 2.45) is 0 Å². The Morgan fingerprint density at radius 1 is 0.880 bits per heavy atom. The summed E-state index contributed by atoms with van der Waals surface area (Å²) in [6.45, 7) is -2.24. The standard InChI is InChI=1S/C11H9ClF12O/c12-4-1-8(17,10(19,20)21)9(18,11(22,23)24)2-5(4)25-3-7(15,16)6(13)14/h4-6H,1-3H2/t4-,5-,8-,9-/m1/s1. The number of ether oxygens (including phenoxy) is 1. The van der Waals surface area contributed by atoms with E-state index in [9.17, 15) is 52.7 Å². The van der Waals surface area contributed by atoms with Crippen molar-refractivity contribution in [2.75, 3.05) is 6.61 Å². The molecular weight excluding hydrogens is 412 g/mol. The molecule has 1 aliphatic rings. The number of alkyl halides is 13. The zero-order valence-corrected chi connectivity index (χ0v) is 12.4. The predicted molar refractivity (Wildman–Crippen MR) is 59.4 cm³/mol. The average Bonchev–Trinajstić information content (AvgIpc) is 2.38. The van der Waals surface area contributed by atoms with Crippen molar-refractivity contribution in [3.8, 4) is 0 Å². The molecule has 0 heterocycles. The molecule has 1 nitrogen and oxygen atoms in total. The highest BCUT2D eigenvalue weighted by atomic mass is 35.5. The van der Waals surface area contributed by atoms with Crippen molar-refractivity contribution in [3.63, 3.8) is 0 Å². The molecule has 4 atom stereocenters. The van der Waals surface area contributed by atoms with Crippen LogP contribution in [0.5, 0.6) is 0 Å². The van der Waals surface area contributed by atoms with E-state index in [1.54, 1.807) is 0 Å². The van der Waals surface area contributed by atoms with Crippen LogP contribution in [-0.2, 0) is 4.74 Å². The van der Waals surface area contributed by atoms with E-state index < -0.39 is 67.0 Å². The maximum absolute atomic E-state index is 14.1. The molecule has 1 rings (SSSR count). The van der Waals surface area contributed by atoms with Crippen molar-refractivity contribution >= 4 is 11.6 Å². The first kappa shape index (κ1) is 22.5. The molecule has 0 aromatic heterocycles. The smallest absolute Gasteiger partial charge is 0.370 e. The number of rotatable bonds is 4. The Kier molecular flexibility index (Phi) is 5.87. The van der Waals surface area contributed by atoms with E-state index in [0.717, 1.165) is 0 Å². The Hall–Kier alpha value is -0.590. The van der Waals surface area contributed by atoms with Gasteiger partial charge in [-0.05, 0) is 0 Å². The van der Waals surface area contributed by atoms with Crippen LogP contribution in [0.4, 0.5) is 52.7 Å². The van der Waals surface area contributed by atoms with Gasteiger partial charge in [0.2, 0.25) is 5.67 Å². The molecule has 1 aliphatic carbocycles. The zero-order chi connectivity index (χ0) is 20.1. The van der Waals surface area contributed by atoms with Crippen LogP contribution in [0.2, 0.25) is 0 Å². The molecule has 150 valence electrons. The van der Waals surface area contributed by atoms with Crippen LogP contribution < -0.4 is 0 Å². The monoisotopic (exact) mass is 420 g/mol. The first-order chi connectivity index (χ1) is 10.9. The summed E-state index contributed by atoms with van der Waals surface area (Å²) < 4.78 is 158. The highest BCUT2D eigenvalue weighted by Crippen LogP contribution is 2.59. The topological polar surface area (TPSA) is 9.23 Å². The lowest BCUT2D eigenvalue weighted by molar-refractivity contribution is -0.360. The Morgan fingerprint density at radius 2 is 1.28 bits per heavy atom. The molecule has 0 saturated heterocycles. The van der Waals surface area contributed by atoms with Crippen LogP contribution in [0.15, 0.2) is 0 Å². The average molecular weight is 421 g/mol. The fourth-order valence-corrected chi connectivity index (χ4v) is 2.63. The highest BCUT2D eigenvalue weighted by Gasteiger charge is 2.81. The third-order valence-corrected chi connectivity index (χ3v) is 4.13. The Bertz CT molecular complexity index is 477. The van der Waals surface area contributed by atoms with E-state index in [1.165, 1.54) is 0 Å². The molecule has 25 heavy (non-hydrogen) atoms. The van der Waals surface area contributed by atoms with Gasteiger partial charge in [0, 0.05) is 12.8 Å². The second-order valence-electron chi connectivity index (χ2n) is 5.43. The molecule has 0 aromatic carbocycles. The molecule has 1 fully saturated rings. The first-order valence-electron chi connectivity index (χ1n) is 6.32. The lowest BCUT2D eigenvalue weighted by atomic mass is 9.71. The summed E-state index contributed by atoms with van der Waals surface area (Å²) in [5, 5.41) is -2.33. The van der Waals surface area contributed by atoms with Crippen LogP contribution in [-0.4, -0.2) is 54.1 Å². The van der Waals surface area contributed by atoms with Gasteiger partial charge in [0.15, 0.2) is 0 Å². The summed E-state index contributed by atoms with van der Waals surface area (Å²) in [5.74, 6) is -4.87. The van der Waals surface area contributed by atoms with Crippen molar-refractivity contribution in [1.82, 2.24) is 0 Å². The van der Waals surface area contributed by atoms with E-state index in [2.05, 4.69) is 4.74 Å². The molecule has 0 amide bonds. The van der Waals surface area contributed by atoms with Crippen LogP contribution in [0.25, 0.3) is 0 Å². The van der Waals surface area contributed by atoms with Crippen molar-refractivity contribution in [1.29, 1.82) is 0 Å². The van der Waals surface area contributed by atoms with Gasteiger partial charge in [-0.2, -0.15) is 35.1 Å². The molecule has 0 aromatic rings. The van der Waals surface area contributed by atoms with E-state index in [1.807, 2.05) is 0 Å². The van der Waals surface area contributed by atoms with Crippen LogP contribution in [0.3, 0.4) is 0 Å². The molecule has 0 aliphatic heterocycles. The van der Waals surface area contributed by atoms with E-state index in [0.29, 0.717) is 0 Å². The number of hydrogen-bond donors (Lipinski definition) is 0. The Labute approximate surface area is 137 Å². The predicted octanol–water partition coefficient (Wildman–Crippen LogP) is 5.21. The SMILES string of the molecule is FC(F)C(F)(F)CO[C@@H]1C[C@](F)(C(F)(F)F)[C@@](F)(C(F)(F)F)C[C@H]1Cl. The maximum Gasteiger partial charge on any atom is 0.426 e. The number of hydrogen-bond acceptors (Lipinski definition) is 1. The van der Waals surface area contributed by atoms with E-state index in [4.69, 9.17) is 11.6 Å².